The summed E-state index contributed by atoms with van der Waals surface area (Å²) in [4.78, 5) is 28.6. The van der Waals surface area contributed by atoms with E-state index in [2.05, 4.69) is 0 Å². The Labute approximate surface area is 187 Å². The maximum Gasteiger partial charge on any atom is 0.291 e. The first-order chi connectivity index (χ1) is 15.5. The quantitative estimate of drug-likeness (QED) is 0.433. The summed E-state index contributed by atoms with van der Waals surface area (Å²) in [5.41, 5.74) is 0.842. The molecule has 3 heterocycles. The van der Waals surface area contributed by atoms with Gasteiger partial charge in [-0.25, -0.2) is 0 Å². The van der Waals surface area contributed by atoms with Crippen molar-refractivity contribution >= 4 is 28.5 Å². The minimum absolute atomic E-state index is 0.000695. The van der Waals surface area contributed by atoms with Crippen LogP contribution in [-0.2, 0) is 6.54 Å². The molecule has 0 fully saturated rings. The van der Waals surface area contributed by atoms with Crippen LogP contribution in [0.2, 0.25) is 5.02 Å². The van der Waals surface area contributed by atoms with Gasteiger partial charge in [0.1, 0.15) is 22.8 Å². The SMILES string of the molecule is COc1ccc(C2c3c(oc4ccc(Cl)cc4c3=O)C(=O)N2Cc2ccco2)c(OC)c1. The van der Waals surface area contributed by atoms with E-state index in [0.717, 1.165) is 0 Å². The molecular formula is C24H18ClNO6. The van der Waals surface area contributed by atoms with E-state index in [1.54, 1.807) is 60.5 Å². The molecule has 0 spiro atoms. The van der Waals surface area contributed by atoms with Crippen molar-refractivity contribution < 1.29 is 23.1 Å². The third-order valence-electron chi connectivity index (χ3n) is 5.57. The van der Waals surface area contributed by atoms with Crippen molar-refractivity contribution in [1.82, 2.24) is 4.90 Å². The number of rotatable bonds is 5. The standard InChI is InChI=1S/C24H18ClNO6/c1-29-14-6-7-16(19(11-14)30-2)21-20-22(27)17-10-13(25)5-8-18(17)32-23(20)24(28)26(21)12-15-4-3-9-31-15/h3-11,21H,12H2,1-2H3. The zero-order valence-electron chi connectivity index (χ0n) is 17.3. The van der Waals surface area contributed by atoms with Crippen LogP contribution in [0.25, 0.3) is 11.0 Å². The summed E-state index contributed by atoms with van der Waals surface area (Å²) in [5.74, 6) is 1.23. The number of amides is 1. The highest BCUT2D eigenvalue weighted by molar-refractivity contribution is 6.31. The van der Waals surface area contributed by atoms with Crippen LogP contribution >= 0.6 is 11.6 Å². The summed E-state index contributed by atoms with van der Waals surface area (Å²) in [6.07, 6.45) is 1.53. The molecule has 4 aromatic rings. The van der Waals surface area contributed by atoms with Gasteiger partial charge in [0.2, 0.25) is 5.76 Å². The second-order valence-corrected chi connectivity index (χ2v) is 7.77. The minimum atomic E-state index is -0.747. The Kier molecular flexibility index (Phi) is 4.90. The molecule has 1 amide bonds. The maximum atomic E-state index is 13.6. The first-order valence-electron chi connectivity index (χ1n) is 9.83. The third-order valence-corrected chi connectivity index (χ3v) is 5.80. The number of hydrogen-bond acceptors (Lipinski definition) is 6. The molecule has 0 bridgehead atoms. The van der Waals surface area contributed by atoms with Gasteiger partial charge in [-0.1, -0.05) is 11.6 Å². The first kappa shape index (κ1) is 20.2. The Morgan fingerprint density at radius 3 is 2.62 bits per heavy atom. The number of fused-ring (bicyclic) bond motifs is 2. The number of nitrogens with zero attached hydrogens (tertiary/aromatic N) is 1. The van der Waals surface area contributed by atoms with E-state index in [1.165, 1.54) is 13.4 Å². The molecule has 0 radical (unpaired) electrons. The molecule has 0 N–H and O–H groups in total. The van der Waals surface area contributed by atoms with Crippen LogP contribution in [0.4, 0.5) is 0 Å². The lowest BCUT2D eigenvalue weighted by Crippen LogP contribution is -2.29. The van der Waals surface area contributed by atoms with E-state index in [4.69, 9.17) is 29.9 Å². The van der Waals surface area contributed by atoms with Crippen molar-refractivity contribution in [2.75, 3.05) is 14.2 Å². The summed E-state index contributed by atoms with van der Waals surface area (Å²) in [5, 5.41) is 0.710. The number of ether oxygens (including phenoxy) is 2. The zero-order chi connectivity index (χ0) is 22.4. The van der Waals surface area contributed by atoms with E-state index < -0.39 is 11.9 Å². The van der Waals surface area contributed by atoms with Gasteiger partial charge in [-0.15, -0.1) is 0 Å². The van der Waals surface area contributed by atoms with E-state index in [1.807, 2.05) is 0 Å². The molecule has 0 saturated heterocycles. The van der Waals surface area contributed by atoms with Gasteiger partial charge in [-0.05, 0) is 42.5 Å². The molecule has 2 aromatic carbocycles. The number of benzene rings is 2. The fourth-order valence-corrected chi connectivity index (χ4v) is 4.27. The van der Waals surface area contributed by atoms with Crippen LogP contribution in [0, 0.1) is 0 Å². The lowest BCUT2D eigenvalue weighted by Gasteiger charge is -2.25. The predicted octanol–water partition coefficient (Wildman–Crippen LogP) is 4.80. The second kappa shape index (κ2) is 7.76. The Hall–Kier alpha value is -3.71. The maximum absolute atomic E-state index is 13.6. The summed E-state index contributed by atoms with van der Waals surface area (Å²) < 4.78 is 22.3. The van der Waals surface area contributed by atoms with Crippen LogP contribution < -0.4 is 14.9 Å². The average Bonchev–Trinajstić information content (AvgIpc) is 3.41. The monoisotopic (exact) mass is 451 g/mol. The van der Waals surface area contributed by atoms with Gasteiger partial charge >= 0.3 is 0 Å². The minimum Gasteiger partial charge on any atom is -0.497 e. The van der Waals surface area contributed by atoms with Crippen molar-refractivity contribution in [2.45, 2.75) is 12.6 Å². The Balaban J connectivity index is 1.77. The molecule has 5 rings (SSSR count). The van der Waals surface area contributed by atoms with Crippen LogP contribution in [-0.4, -0.2) is 25.0 Å². The molecule has 162 valence electrons. The number of halogens is 1. The molecule has 1 aliphatic rings. The van der Waals surface area contributed by atoms with E-state index >= 15 is 0 Å². The highest BCUT2D eigenvalue weighted by Gasteiger charge is 2.44. The summed E-state index contributed by atoms with van der Waals surface area (Å²) in [7, 11) is 3.08. The molecule has 1 atom stereocenters. The smallest absolute Gasteiger partial charge is 0.291 e. The Bertz CT molecular complexity index is 1390. The largest absolute Gasteiger partial charge is 0.497 e. The zero-order valence-corrected chi connectivity index (χ0v) is 18.0. The molecule has 1 unspecified atom stereocenters. The number of carbonyl (C=O) groups excluding carboxylic acids is 1. The van der Waals surface area contributed by atoms with Crippen molar-refractivity contribution in [1.29, 1.82) is 0 Å². The van der Waals surface area contributed by atoms with Crippen molar-refractivity contribution in [3.05, 3.63) is 92.7 Å². The van der Waals surface area contributed by atoms with Gasteiger partial charge in [-0.3, -0.25) is 9.59 Å². The molecule has 7 nitrogen and oxygen atoms in total. The average molecular weight is 452 g/mol. The van der Waals surface area contributed by atoms with Crippen LogP contribution in [0.1, 0.15) is 33.5 Å². The number of furan rings is 1. The second-order valence-electron chi connectivity index (χ2n) is 7.34. The fourth-order valence-electron chi connectivity index (χ4n) is 4.09. The topological polar surface area (TPSA) is 82.1 Å². The molecule has 1 aliphatic heterocycles. The number of carbonyl (C=O) groups is 1. The van der Waals surface area contributed by atoms with Crippen molar-refractivity contribution in [2.24, 2.45) is 0 Å². The van der Waals surface area contributed by atoms with E-state index in [-0.39, 0.29) is 23.3 Å². The summed E-state index contributed by atoms with van der Waals surface area (Å²) >= 11 is 6.12. The Morgan fingerprint density at radius 2 is 1.91 bits per heavy atom. The van der Waals surface area contributed by atoms with Crippen LogP contribution in [0.3, 0.4) is 0 Å². The lowest BCUT2D eigenvalue weighted by molar-refractivity contribution is 0.0700. The highest BCUT2D eigenvalue weighted by Crippen LogP contribution is 2.43. The van der Waals surface area contributed by atoms with Gasteiger partial charge in [0, 0.05) is 16.7 Å². The fraction of sp³-hybridized carbons (Fsp3) is 0.167. The third kappa shape index (κ3) is 3.13. The van der Waals surface area contributed by atoms with Gasteiger partial charge < -0.3 is 23.2 Å². The highest BCUT2D eigenvalue weighted by atomic mass is 35.5. The molecule has 0 saturated carbocycles. The normalized spacial score (nSPS) is 15.3. The number of methoxy groups -OCH3 is 2. The van der Waals surface area contributed by atoms with Crippen LogP contribution in [0.15, 0.2) is 68.4 Å². The van der Waals surface area contributed by atoms with Gasteiger partial charge in [-0.2, -0.15) is 0 Å². The lowest BCUT2D eigenvalue weighted by atomic mass is 9.97. The van der Waals surface area contributed by atoms with Crippen LogP contribution in [0.5, 0.6) is 11.5 Å². The summed E-state index contributed by atoms with van der Waals surface area (Å²) in [6, 6.07) is 12.8. The molecule has 8 heteroatoms. The first-order valence-corrected chi connectivity index (χ1v) is 10.2. The van der Waals surface area contributed by atoms with Gasteiger partial charge in [0.05, 0.1) is 44.0 Å². The molecular weight excluding hydrogens is 434 g/mol. The van der Waals surface area contributed by atoms with E-state index in [0.29, 0.717) is 38.8 Å². The Morgan fingerprint density at radius 1 is 1.06 bits per heavy atom. The molecule has 32 heavy (non-hydrogen) atoms. The van der Waals surface area contributed by atoms with E-state index in [9.17, 15) is 9.59 Å². The van der Waals surface area contributed by atoms with Gasteiger partial charge in [0.15, 0.2) is 5.43 Å². The molecule has 0 aliphatic carbocycles. The van der Waals surface area contributed by atoms with Gasteiger partial charge in [0.25, 0.3) is 5.91 Å². The predicted molar refractivity (Wildman–Crippen MR) is 117 cm³/mol. The van der Waals surface area contributed by atoms with Crippen molar-refractivity contribution in [3.63, 3.8) is 0 Å². The molecule has 2 aromatic heterocycles. The summed E-state index contributed by atoms with van der Waals surface area (Å²) in [6.45, 7) is 0.145. The number of hydrogen-bond donors (Lipinski definition) is 0. The van der Waals surface area contributed by atoms with Crippen molar-refractivity contribution in [3.8, 4) is 11.5 Å².